The third-order valence-corrected chi connectivity index (χ3v) is 4.06. The number of amides is 1. The largest absolute Gasteiger partial charge is 0.454 e. The van der Waals surface area contributed by atoms with Crippen molar-refractivity contribution in [3.63, 3.8) is 0 Å². The van der Waals surface area contributed by atoms with Gasteiger partial charge < -0.3 is 14.6 Å². The van der Waals surface area contributed by atoms with Crippen molar-refractivity contribution in [1.29, 1.82) is 0 Å². The van der Waals surface area contributed by atoms with Crippen LogP contribution < -0.4 is 5.32 Å². The Labute approximate surface area is 170 Å². The zero-order valence-corrected chi connectivity index (χ0v) is 15.4. The van der Waals surface area contributed by atoms with Crippen molar-refractivity contribution in [2.75, 3.05) is 11.9 Å². The minimum Gasteiger partial charge on any atom is -0.454 e. The summed E-state index contributed by atoms with van der Waals surface area (Å²) in [4.78, 5) is 27.3. The monoisotopic (exact) mass is 445 g/mol. The molecule has 0 unspecified atom stereocenters. The van der Waals surface area contributed by atoms with E-state index in [0.717, 1.165) is 24.3 Å². The Balaban J connectivity index is 1.62. The Morgan fingerprint density at radius 2 is 1.58 bits per heavy atom. The summed E-state index contributed by atoms with van der Waals surface area (Å²) >= 11 is 0. The highest BCUT2D eigenvalue weighted by Gasteiger charge is 2.38. The number of rotatable bonds is 5. The molecule has 0 bridgehead atoms. The lowest BCUT2D eigenvalue weighted by molar-refractivity contribution is -0.152. The fourth-order valence-electron chi connectivity index (χ4n) is 2.71. The van der Waals surface area contributed by atoms with Gasteiger partial charge in [0.05, 0.1) is 16.6 Å². The number of esters is 1. The van der Waals surface area contributed by atoms with Crippen molar-refractivity contribution in [3.05, 3.63) is 59.9 Å². The van der Waals surface area contributed by atoms with Gasteiger partial charge in [0.2, 0.25) is 5.82 Å². The minimum atomic E-state index is -4.82. The highest BCUT2D eigenvalue weighted by atomic mass is 19.4. The summed E-state index contributed by atoms with van der Waals surface area (Å²) < 4.78 is 82.6. The molecule has 0 aliphatic rings. The van der Waals surface area contributed by atoms with Crippen LogP contribution in [0.1, 0.15) is 11.4 Å². The predicted molar refractivity (Wildman–Crippen MR) is 95.8 cm³/mol. The van der Waals surface area contributed by atoms with Gasteiger partial charge in [-0.1, -0.05) is 12.1 Å². The second-order valence-electron chi connectivity index (χ2n) is 6.29. The average Bonchev–Trinajstić information content (AvgIpc) is 3.05. The lowest BCUT2D eigenvalue weighted by Gasteiger charge is -2.12. The van der Waals surface area contributed by atoms with E-state index >= 15 is 0 Å². The first-order chi connectivity index (χ1) is 14.4. The van der Waals surface area contributed by atoms with Crippen molar-refractivity contribution in [1.82, 2.24) is 9.55 Å². The van der Waals surface area contributed by atoms with Crippen molar-refractivity contribution in [2.45, 2.75) is 18.9 Å². The highest BCUT2D eigenvalue weighted by molar-refractivity contribution is 5.92. The molecule has 0 aliphatic heterocycles. The molecule has 3 rings (SSSR count). The maximum atomic E-state index is 13.2. The normalized spacial score (nSPS) is 12.1. The second-order valence-corrected chi connectivity index (χ2v) is 6.29. The molecule has 0 radical (unpaired) electrons. The third kappa shape index (κ3) is 5.32. The molecule has 1 N–H and O–H groups in total. The summed E-state index contributed by atoms with van der Waals surface area (Å²) in [6.45, 7) is -1.68. The summed E-state index contributed by atoms with van der Waals surface area (Å²) in [6.07, 6.45) is -9.36. The van der Waals surface area contributed by atoms with E-state index in [2.05, 4.69) is 10.3 Å². The number of nitrogens with zero attached hydrogens (tertiary/aromatic N) is 2. The zero-order valence-electron chi connectivity index (χ0n) is 15.4. The van der Waals surface area contributed by atoms with Gasteiger partial charge in [-0.15, -0.1) is 0 Å². The van der Waals surface area contributed by atoms with Gasteiger partial charge in [-0.25, -0.2) is 4.98 Å². The number of para-hydroxylation sites is 2. The van der Waals surface area contributed by atoms with Crippen molar-refractivity contribution in [3.8, 4) is 0 Å². The number of ether oxygens (including phenoxy) is 1. The van der Waals surface area contributed by atoms with E-state index in [1.165, 1.54) is 24.3 Å². The number of hydrogen-bond acceptors (Lipinski definition) is 4. The van der Waals surface area contributed by atoms with Gasteiger partial charge in [0.15, 0.2) is 6.61 Å². The number of aromatic nitrogens is 2. The Hall–Kier alpha value is -3.57. The smallest absolute Gasteiger partial charge is 0.449 e. The van der Waals surface area contributed by atoms with Crippen LogP contribution in [0.3, 0.4) is 0 Å². The van der Waals surface area contributed by atoms with E-state index < -0.39 is 48.8 Å². The number of anilines is 1. The van der Waals surface area contributed by atoms with E-state index in [-0.39, 0.29) is 16.7 Å². The molecule has 164 valence electrons. The third-order valence-electron chi connectivity index (χ3n) is 4.06. The van der Waals surface area contributed by atoms with E-state index in [4.69, 9.17) is 4.74 Å². The van der Waals surface area contributed by atoms with Crippen LogP contribution >= 0.6 is 0 Å². The summed E-state index contributed by atoms with van der Waals surface area (Å²) in [7, 11) is 0. The van der Waals surface area contributed by atoms with Crippen LogP contribution in [0.5, 0.6) is 0 Å². The number of nitrogens with one attached hydrogen (secondary N) is 1. The summed E-state index contributed by atoms with van der Waals surface area (Å²) in [5.41, 5.74) is -0.803. The summed E-state index contributed by atoms with van der Waals surface area (Å²) in [5.74, 6) is -3.30. The van der Waals surface area contributed by atoms with E-state index in [0.29, 0.717) is 4.57 Å². The number of fused-ring (bicyclic) bond motifs is 1. The second kappa shape index (κ2) is 8.28. The molecule has 0 aliphatic carbocycles. The van der Waals surface area contributed by atoms with Gasteiger partial charge in [0, 0.05) is 5.69 Å². The Kier molecular flexibility index (Phi) is 5.91. The molecule has 1 amide bonds. The first-order valence-electron chi connectivity index (χ1n) is 8.60. The predicted octanol–water partition coefficient (Wildman–Crippen LogP) is 4.26. The zero-order chi connectivity index (χ0) is 22.8. The molecule has 2 aromatic carbocycles. The summed E-state index contributed by atoms with van der Waals surface area (Å²) in [6, 6.07) is 9.19. The van der Waals surface area contributed by atoms with E-state index in [1.807, 2.05) is 0 Å². The average molecular weight is 445 g/mol. The van der Waals surface area contributed by atoms with Crippen molar-refractivity contribution in [2.24, 2.45) is 0 Å². The van der Waals surface area contributed by atoms with Gasteiger partial charge in [-0.05, 0) is 36.4 Å². The Morgan fingerprint density at radius 3 is 2.19 bits per heavy atom. The van der Waals surface area contributed by atoms with Gasteiger partial charge in [-0.2, -0.15) is 26.3 Å². The fourth-order valence-corrected chi connectivity index (χ4v) is 2.71. The molecule has 1 heterocycles. The lowest BCUT2D eigenvalue weighted by Crippen LogP contribution is -2.24. The SMILES string of the molecule is O=C(COC(=O)Cn1c(C(F)(F)F)nc2ccccc21)Nc1ccc(C(F)(F)F)cc1. The lowest BCUT2D eigenvalue weighted by atomic mass is 10.2. The van der Waals surface area contributed by atoms with Crippen molar-refractivity contribution >= 4 is 28.6 Å². The number of benzene rings is 2. The van der Waals surface area contributed by atoms with E-state index in [1.54, 1.807) is 0 Å². The fraction of sp³-hybridized carbons (Fsp3) is 0.211. The molecule has 1 aromatic heterocycles. The molecule has 0 saturated heterocycles. The van der Waals surface area contributed by atoms with Crippen LogP contribution in [0.4, 0.5) is 32.0 Å². The van der Waals surface area contributed by atoms with Crippen LogP contribution in [0.25, 0.3) is 11.0 Å². The van der Waals surface area contributed by atoms with Crippen LogP contribution in [-0.2, 0) is 33.2 Å². The maximum absolute atomic E-state index is 13.2. The van der Waals surface area contributed by atoms with Gasteiger partial charge in [0.25, 0.3) is 5.91 Å². The van der Waals surface area contributed by atoms with E-state index in [9.17, 15) is 35.9 Å². The Bertz CT molecular complexity index is 1100. The molecule has 0 saturated carbocycles. The number of alkyl halides is 6. The number of halogens is 6. The molecule has 0 fully saturated rings. The number of carbonyl (C=O) groups excluding carboxylic acids is 2. The molecule has 0 spiro atoms. The summed E-state index contributed by atoms with van der Waals surface area (Å²) in [5, 5.41) is 2.22. The minimum absolute atomic E-state index is 0.0222. The van der Waals surface area contributed by atoms with Crippen LogP contribution in [-0.4, -0.2) is 28.0 Å². The number of hydrogen-bond donors (Lipinski definition) is 1. The van der Waals surface area contributed by atoms with Crippen LogP contribution in [0, 0.1) is 0 Å². The molecule has 3 aromatic rings. The van der Waals surface area contributed by atoms with Gasteiger partial charge in [-0.3, -0.25) is 9.59 Å². The molecule has 0 atom stereocenters. The topological polar surface area (TPSA) is 73.2 Å². The van der Waals surface area contributed by atoms with Gasteiger partial charge >= 0.3 is 18.3 Å². The molecule has 31 heavy (non-hydrogen) atoms. The first-order valence-corrected chi connectivity index (χ1v) is 8.60. The Morgan fingerprint density at radius 1 is 0.935 bits per heavy atom. The van der Waals surface area contributed by atoms with Crippen molar-refractivity contribution < 1.29 is 40.7 Å². The van der Waals surface area contributed by atoms with Crippen LogP contribution in [0.15, 0.2) is 48.5 Å². The molecule has 12 heteroatoms. The standard InChI is InChI=1S/C19H13F6N3O3/c20-18(21,22)11-5-7-12(8-6-11)26-15(29)10-31-16(30)9-28-14-4-2-1-3-13(14)27-17(28)19(23,24)25/h1-8H,9-10H2,(H,26,29). The molecular formula is C19H13F6N3O3. The maximum Gasteiger partial charge on any atom is 0.449 e. The van der Waals surface area contributed by atoms with Gasteiger partial charge in [0.1, 0.15) is 6.54 Å². The molecule has 6 nitrogen and oxygen atoms in total. The first kappa shape index (κ1) is 22.1. The number of carbonyl (C=O) groups is 2. The number of imidazole rings is 1. The highest BCUT2D eigenvalue weighted by Crippen LogP contribution is 2.32. The van der Waals surface area contributed by atoms with Crippen LogP contribution in [0.2, 0.25) is 0 Å². The quantitative estimate of drug-likeness (QED) is 0.471. The molecular weight excluding hydrogens is 432 g/mol.